The minimum absolute atomic E-state index is 0.811. The Morgan fingerprint density at radius 2 is 1.78 bits per heavy atom. The molecule has 1 fully saturated rings. The molecule has 0 saturated heterocycles. The van der Waals surface area contributed by atoms with Crippen LogP contribution in [0.2, 0.25) is 0 Å². The fourth-order valence-corrected chi connectivity index (χ4v) is 5.11. The van der Waals surface area contributed by atoms with E-state index in [-0.39, 0.29) is 0 Å². The van der Waals surface area contributed by atoms with Gasteiger partial charge in [0.1, 0.15) is 0 Å². The maximum Gasteiger partial charge on any atom is -0.0188 e. The molecule has 0 aliphatic heterocycles. The Morgan fingerprint density at radius 3 is 2.44 bits per heavy atom. The zero-order valence-corrected chi connectivity index (χ0v) is 18.6. The predicted octanol–water partition coefficient (Wildman–Crippen LogP) is 8.96. The smallest absolute Gasteiger partial charge is 0.0188 e. The zero-order chi connectivity index (χ0) is 19.5. The molecule has 0 aromatic carbocycles. The van der Waals surface area contributed by atoms with Crippen molar-refractivity contribution >= 4 is 0 Å². The van der Waals surface area contributed by atoms with E-state index in [2.05, 4.69) is 58.1 Å². The summed E-state index contributed by atoms with van der Waals surface area (Å²) in [6, 6.07) is 0. The van der Waals surface area contributed by atoms with Crippen LogP contribution in [0.25, 0.3) is 0 Å². The second kappa shape index (κ2) is 12.4. The summed E-state index contributed by atoms with van der Waals surface area (Å²) in [7, 11) is 0. The summed E-state index contributed by atoms with van der Waals surface area (Å²) >= 11 is 0. The first-order valence-electron chi connectivity index (χ1n) is 11.9. The van der Waals surface area contributed by atoms with Gasteiger partial charge in [-0.15, -0.1) is 0 Å². The Kier molecular flexibility index (Phi) is 10.2. The average Bonchev–Trinajstić information content (AvgIpc) is 2.63. The van der Waals surface area contributed by atoms with E-state index in [9.17, 15) is 0 Å². The van der Waals surface area contributed by atoms with E-state index >= 15 is 0 Å². The molecule has 0 bridgehead atoms. The molecule has 0 nitrogen and oxygen atoms in total. The van der Waals surface area contributed by atoms with E-state index in [1.165, 1.54) is 77.0 Å². The molecular weight excluding hydrogens is 324 g/mol. The van der Waals surface area contributed by atoms with Crippen molar-refractivity contribution in [2.75, 3.05) is 0 Å². The van der Waals surface area contributed by atoms with Crippen molar-refractivity contribution in [3.63, 3.8) is 0 Å². The molecule has 0 spiro atoms. The Morgan fingerprint density at radius 1 is 1.04 bits per heavy atom. The zero-order valence-electron chi connectivity index (χ0n) is 18.6. The number of allylic oxidation sites excluding steroid dienone is 8. The lowest BCUT2D eigenvalue weighted by molar-refractivity contribution is 0.245. The van der Waals surface area contributed by atoms with Crippen molar-refractivity contribution in [3.8, 4) is 0 Å². The van der Waals surface area contributed by atoms with Gasteiger partial charge in [0, 0.05) is 0 Å². The van der Waals surface area contributed by atoms with Gasteiger partial charge in [-0.25, -0.2) is 0 Å². The van der Waals surface area contributed by atoms with Gasteiger partial charge in [-0.05, 0) is 76.0 Å². The van der Waals surface area contributed by atoms with E-state index in [0.29, 0.717) is 0 Å². The second-order valence-electron chi connectivity index (χ2n) is 9.15. The molecule has 0 heteroatoms. The summed E-state index contributed by atoms with van der Waals surface area (Å²) in [6.07, 6.45) is 28.3. The minimum Gasteiger partial charge on any atom is -0.0843 e. The molecule has 0 aromatic rings. The van der Waals surface area contributed by atoms with Gasteiger partial charge in [0.15, 0.2) is 0 Å². The van der Waals surface area contributed by atoms with Crippen LogP contribution in [-0.4, -0.2) is 0 Å². The summed E-state index contributed by atoms with van der Waals surface area (Å²) < 4.78 is 0. The highest BCUT2D eigenvalue weighted by Gasteiger charge is 2.24. The summed E-state index contributed by atoms with van der Waals surface area (Å²) in [4.78, 5) is 0. The molecule has 2 aliphatic carbocycles. The molecule has 1 saturated carbocycles. The summed E-state index contributed by atoms with van der Waals surface area (Å²) in [5, 5.41) is 0. The molecule has 0 N–H and O–H groups in total. The van der Waals surface area contributed by atoms with Crippen molar-refractivity contribution in [3.05, 3.63) is 47.1 Å². The third kappa shape index (κ3) is 8.24. The largest absolute Gasteiger partial charge is 0.0843 e. The highest BCUT2D eigenvalue weighted by molar-refractivity contribution is 5.28. The number of rotatable bonds is 10. The van der Waals surface area contributed by atoms with E-state index in [4.69, 9.17) is 0 Å². The van der Waals surface area contributed by atoms with Crippen molar-refractivity contribution in [2.24, 2.45) is 17.8 Å². The molecule has 152 valence electrons. The lowest BCUT2D eigenvalue weighted by Gasteiger charge is -2.31. The predicted molar refractivity (Wildman–Crippen MR) is 122 cm³/mol. The van der Waals surface area contributed by atoms with Crippen LogP contribution in [0.3, 0.4) is 0 Å². The normalized spacial score (nSPS) is 27.0. The van der Waals surface area contributed by atoms with Crippen LogP contribution in [-0.2, 0) is 0 Å². The Labute approximate surface area is 169 Å². The SMILES string of the molecule is CCC=C(C=CCCC)CC1CCC(CC2C=C(CCC)C=C(C)C2)CC1. The lowest BCUT2D eigenvalue weighted by Crippen LogP contribution is -2.18. The molecule has 2 rings (SSSR count). The van der Waals surface area contributed by atoms with Gasteiger partial charge >= 0.3 is 0 Å². The van der Waals surface area contributed by atoms with Gasteiger partial charge < -0.3 is 0 Å². The van der Waals surface area contributed by atoms with E-state index < -0.39 is 0 Å². The van der Waals surface area contributed by atoms with Crippen molar-refractivity contribution < 1.29 is 0 Å². The molecule has 0 amide bonds. The highest BCUT2D eigenvalue weighted by atomic mass is 14.3. The molecule has 1 atom stereocenters. The van der Waals surface area contributed by atoms with E-state index in [1.54, 1.807) is 16.7 Å². The first-order valence-corrected chi connectivity index (χ1v) is 11.9. The maximum absolute atomic E-state index is 2.61. The van der Waals surface area contributed by atoms with Gasteiger partial charge in [0.25, 0.3) is 0 Å². The van der Waals surface area contributed by atoms with Crippen LogP contribution in [0.4, 0.5) is 0 Å². The fraction of sp³-hybridized carbons (Fsp3) is 0.704. The molecule has 27 heavy (non-hydrogen) atoms. The van der Waals surface area contributed by atoms with Gasteiger partial charge in [-0.2, -0.15) is 0 Å². The highest BCUT2D eigenvalue weighted by Crippen LogP contribution is 2.38. The van der Waals surface area contributed by atoms with E-state index in [1.807, 2.05) is 0 Å². The molecule has 1 unspecified atom stereocenters. The Hall–Kier alpha value is -1.04. The fourth-order valence-electron chi connectivity index (χ4n) is 5.11. The quantitative estimate of drug-likeness (QED) is 0.337. The third-order valence-electron chi connectivity index (χ3n) is 6.38. The van der Waals surface area contributed by atoms with Crippen LogP contribution in [0.15, 0.2) is 47.1 Å². The molecule has 0 heterocycles. The lowest BCUT2D eigenvalue weighted by atomic mass is 9.74. The average molecular weight is 369 g/mol. The van der Waals surface area contributed by atoms with Crippen LogP contribution in [0.1, 0.15) is 105 Å². The summed E-state index contributed by atoms with van der Waals surface area (Å²) in [6.45, 7) is 9.16. The number of hydrogen-bond acceptors (Lipinski definition) is 0. The Balaban J connectivity index is 1.79. The van der Waals surface area contributed by atoms with Gasteiger partial charge in [-0.3, -0.25) is 0 Å². The summed E-state index contributed by atoms with van der Waals surface area (Å²) in [5.74, 6) is 2.70. The van der Waals surface area contributed by atoms with E-state index in [0.717, 1.165) is 17.8 Å². The standard InChI is InChI=1S/C27H44/c1-5-8-9-12-23(10-6-2)19-24-13-15-25(16-14-24)20-27-18-22(4)17-26(21-27)11-7-3/h9-10,12,17,21,24-25,27H,5-8,11,13-16,18-20H2,1-4H3. The van der Waals surface area contributed by atoms with Crippen LogP contribution >= 0.6 is 0 Å². The third-order valence-corrected chi connectivity index (χ3v) is 6.38. The molecule has 0 aromatic heterocycles. The first kappa shape index (κ1) is 22.3. The second-order valence-corrected chi connectivity index (χ2v) is 9.15. The van der Waals surface area contributed by atoms with Crippen LogP contribution in [0.5, 0.6) is 0 Å². The van der Waals surface area contributed by atoms with Crippen molar-refractivity contribution in [2.45, 2.75) is 105 Å². The minimum atomic E-state index is 0.811. The molecule has 2 aliphatic rings. The summed E-state index contributed by atoms with van der Waals surface area (Å²) in [5.41, 5.74) is 4.80. The first-order chi connectivity index (χ1) is 13.1. The van der Waals surface area contributed by atoms with Crippen LogP contribution in [0, 0.1) is 17.8 Å². The Bertz CT molecular complexity index is 534. The number of unbranched alkanes of at least 4 members (excludes halogenated alkanes) is 1. The molecule has 0 radical (unpaired) electrons. The molecular formula is C27H44. The van der Waals surface area contributed by atoms with Crippen LogP contribution < -0.4 is 0 Å². The number of hydrogen-bond donors (Lipinski definition) is 0. The maximum atomic E-state index is 2.61. The van der Waals surface area contributed by atoms with Gasteiger partial charge in [-0.1, -0.05) is 93.6 Å². The van der Waals surface area contributed by atoms with Gasteiger partial charge in [0.2, 0.25) is 0 Å². The monoisotopic (exact) mass is 368 g/mol. The van der Waals surface area contributed by atoms with Gasteiger partial charge in [0.05, 0.1) is 0 Å². The van der Waals surface area contributed by atoms with Crippen molar-refractivity contribution in [1.29, 1.82) is 0 Å². The van der Waals surface area contributed by atoms with Crippen molar-refractivity contribution in [1.82, 2.24) is 0 Å². The topological polar surface area (TPSA) is 0 Å².